The fourth-order valence-corrected chi connectivity index (χ4v) is 9.51. The van der Waals surface area contributed by atoms with Crippen molar-refractivity contribution in [1.29, 1.82) is 0 Å². The zero-order chi connectivity index (χ0) is 34.6. The van der Waals surface area contributed by atoms with Crippen LogP contribution in [0.4, 0.5) is 0 Å². The van der Waals surface area contributed by atoms with Crippen LogP contribution in [0.1, 0.15) is 96.8 Å². The molecule has 0 aromatic rings. The topological polar surface area (TPSA) is 197 Å². The van der Waals surface area contributed by atoms with Gasteiger partial charge in [0.1, 0.15) is 24.4 Å². The van der Waals surface area contributed by atoms with Gasteiger partial charge in [-0.3, -0.25) is 5.73 Å². The van der Waals surface area contributed by atoms with Crippen LogP contribution in [0.2, 0.25) is 0 Å². The van der Waals surface area contributed by atoms with Gasteiger partial charge in [0.05, 0.1) is 55.8 Å². The maximum Gasteiger partial charge on any atom is 0.137 e. The normalized spacial score (nSPS) is 40.8. The van der Waals surface area contributed by atoms with Crippen LogP contribution in [0.5, 0.6) is 0 Å². The molecule has 2 saturated carbocycles. The number of rotatable bonds is 18. The van der Waals surface area contributed by atoms with Gasteiger partial charge < -0.3 is 55.1 Å². The molecule has 15 unspecified atom stereocenters. The van der Waals surface area contributed by atoms with E-state index in [1.165, 1.54) is 0 Å². The third-order valence-electron chi connectivity index (χ3n) is 12.2. The van der Waals surface area contributed by atoms with Crippen molar-refractivity contribution in [2.45, 2.75) is 164 Å². The van der Waals surface area contributed by atoms with E-state index in [1.54, 1.807) is 14.2 Å². The average Bonchev–Trinajstić information content (AvgIpc) is 3.08. The van der Waals surface area contributed by atoms with Crippen molar-refractivity contribution in [2.24, 2.45) is 29.4 Å². The SMILES string of the molecule is CC[NH2+]C(CCC1CC[NH2+]C(N)C1)C(CCO)OC1CC(C2OC(CCC3CCC(O)C(OC)C3)CC(O)C2CCO)CC(OC)C1O. The summed E-state index contributed by atoms with van der Waals surface area (Å²) in [7, 11) is 3.28. The molecule has 0 radical (unpaired) electrons. The molecule has 0 aromatic carbocycles. The van der Waals surface area contributed by atoms with Gasteiger partial charge in [-0.05, 0) is 95.3 Å². The number of likely N-dealkylation sites (N-methyl/N-ethyl adjacent to an activating group) is 1. The molecule has 48 heavy (non-hydrogen) atoms. The Morgan fingerprint density at radius 3 is 2.25 bits per heavy atom. The second kappa shape index (κ2) is 20.5. The number of nitrogens with two attached hydrogens (primary N) is 3. The Kier molecular flexibility index (Phi) is 17.2. The molecule has 282 valence electrons. The van der Waals surface area contributed by atoms with Crippen molar-refractivity contribution in [3.05, 3.63) is 0 Å². The molecular formula is C36H71N3O9+2. The number of hydrogen-bond donors (Lipinski definition) is 8. The fourth-order valence-electron chi connectivity index (χ4n) is 9.51. The molecule has 2 heterocycles. The number of quaternary nitrogens is 2. The van der Waals surface area contributed by atoms with E-state index in [9.17, 15) is 25.5 Å². The Morgan fingerprint density at radius 2 is 1.56 bits per heavy atom. The number of aliphatic hydroxyl groups is 5. The molecule has 0 aromatic heterocycles. The highest BCUT2D eigenvalue weighted by molar-refractivity contribution is 4.97. The van der Waals surface area contributed by atoms with E-state index in [0.717, 1.165) is 70.9 Å². The first-order valence-corrected chi connectivity index (χ1v) is 19.3. The van der Waals surface area contributed by atoms with Gasteiger partial charge >= 0.3 is 0 Å². The van der Waals surface area contributed by atoms with Gasteiger partial charge in [-0.15, -0.1) is 0 Å². The molecule has 2 aliphatic heterocycles. The lowest BCUT2D eigenvalue weighted by Crippen LogP contribution is -2.94. The molecule has 11 N–H and O–H groups in total. The van der Waals surface area contributed by atoms with Gasteiger partial charge in [-0.25, -0.2) is 0 Å². The average molecular weight is 690 g/mol. The molecule has 4 fully saturated rings. The Labute approximate surface area is 288 Å². The quantitative estimate of drug-likeness (QED) is 0.0918. The van der Waals surface area contributed by atoms with Crippen LogP contribution in [0, 0.1) is 23.7 Å². The Hall–Kier alpha value is -0.480. The summed E-state index contributed by atoms with van der Waals surface area (Å²) in [5.41, 5.74) is 6.24. The van der Waals surface area contributed by atoms with Crippen LogP contribution in [0.15, 0.2) is 0 Å². The van der Waals surface area contributed by atoms with Crippen LogP contribution < -0.4 is 16.4 Å². The van der Waals surface area contributed by atoms with Gasteiger partial charge in [0.25, 0.3) is 0 Å². The predicted octanol–water partition coefficient (Wildman–Crippen LogP) is -0.628. The monoisotopic (exact) mass is 690 g/mol. The van der Waals surface area contributed by atoms with Crippen molar-refractivity contribution in [3.8, 4) is 0 Å². The Balaban J connectivity index is 1.45. The Bertz CT molecular complexity index is 892. The maximum absolute atomic E-state index is 11.5. The summed E-state index contributed by atoms with van der Waals surface area (Å²) in [6.45, 7) is 4.07. The first kappa shape index (κ1) is 40.3. The molecule has 15 atom stereocenters. The summed E-state index contributed by atoms with van der Waals surface area (Å²) in [5.74, 6) is 0.773. The molecule has 0 amide bonds. The third-order valence-corrected chi connectivity index (χ3v) is 12.2. The van der Waals surface area contributed by atoms with Gasteiger partial charge in [0.15, 0.2) is 0 Å². The minimum absolute atomic E-state index is 0.00516. The first-order valence-electron chi connectivity index (χ1n) is 19.3. The second-order valence-electron chi connectivity index (χ2n) is 15.5. The molecule has 12 heteroatoms. The zero-order valence-electron chi connectivity index (χ0n) is 30.0. The van der Waals surface area contributed by atoms with Crippen LogP contribution in [0.25, 0.3) is 0 Å². The largest absolute Gasteiger partial charge is 0.396 e. The minimum Gasteiger partial charge on any atom is -0.396 e. The van der Waals surface area contributed by atoms with E-state index in [1.807, 2.05) is 0 Å². The molecule has 12 nitrogen and oxygen atoms in total. The lowest BCUT2D eigenvalue weighted by molar-refractivity contribution is -0.701. The fraction of sp³-hybridized carbons (Fsp3) is 1.00. The van der Waals surface area contributed by atoms with E-state index in [4.69, 9.17) is 24.7 Å². The number of hydrogen-bond acceptors (Lipinski definition) is 10. The lowest BCUT2D eigenvalue weighted by atomic mass is 9.72. The zero-order valence-corrected chi connectivity index (χ0v) is 30.0. The summed E-state index contributed by atoms with van der Waals surface area (Å²) in [4.78, 5) is 0. The highest BCUT2D eigenvalue weighted by Gasteiger charge is 2.48. The molecule has 0 spiro atoms. The van der Waals surface area contributed by atoms with Gasteiger partial charge in [0.2, 0.25) is 0 Å². The number of aliphatic hydroxyl groups excluding tert-OH is 5. The van der Waals surface area contributed by atoms with E-state index in [2.05, 4.69) is 17.6 Å². The predicted molar refractivity (Wildman–Crippen MR) is 181 cm³/mol. The van der Waals surface area contributed by atoms with Gasteiger partial charge in [-0.2, -0.15) is 0 Å². The first-order chi connectivity index (χ1) is 23.2. The van der Waals surface area contributed by atoms with Crippen LogP contribution in [-0.4, -0.2) is 133 Å². The summed E-state index contributed by atoms with van der Waals surface area (Å²) < 4.78 is 25.0. The van der Waals surface area contributed by atoms with Crippen LogP contribution in [0.3, 0.4) is 0 Å². The van der Waals surface area contributed by atoms with Crippen LogP contribution >= 0.6 is 0 Å². The number of ether oxygens (including phenoxy) is 4. The van der Waals surface area contributed by atoms with E-state index >= 15 is 0 Å². The van der Waals surface area contributed by atoms with Crippen molar-refractivity contribution in [3.63, 3.8) is 0 Å². The van der Waals surface area contributed by atoms with E-state index < -0.39 is 30.5 Å². The third kappa shape index (κ3) is 11.3. The lowest BCUT2D eigenvalue weighted by Gasteiger charge is -2.48. The van der Waals surface area contributed by atoms with E-state index in [-0.39, 0.29) is 61.7 Å². The van der Waals surface area contributed by atoms with Crippen molar-refractivity contribution in [2.75, 3.05) is 40.5 Å². The highest BCUT2D eigenvalue weighted by Crippen LogP contribution is 2.42. The molecular weight excluding hydrogens is 618 g/mol. The van der Waals surface area contributed by atoms with E-state index in [0.29, 0.717) is 43.9 Å². The molecule has 0 bridgehead atoms. The summed E-state index contributed by atoms with van der Waals surface area (Å²) in [6, 6.07) is 0.149. The standard InChI is InChI=1S/C36H69N3O9/c1-4-38-27(9-6-23-11-14-39-34(37)18-23)30(13-16-41)48-33-20-24(19-32(46-3)35(33)44)36-26(12-15-40)29(43)21-25(47-36)8-5-22-7-10-28(42)31(17-22)45-2/h22-36,38-44H,4-21,37H2,1-3H3/p+2. The smallest absolute Gasteiger partial charge is 0.137 e. The molecule has 4 aliphatic rings. The van der Waals surface area contributed by atoms with Crippen molar-refractivity contribution in [1.82, 2.24) is 0 Å². The number of methoxy groups -OCH3 is 2. The highest BCUT2D eigenvalue weighted by atomic mass is 16.5. The van der Waals surface area contributed by atoms with Crippen molar-refractivity contribution >= 4 is 0 Å². The Morgan fingerprint density at radius 1 is 0.812 bits per heavy atom. The minimum atomic E-state index is -0.822. The number of piperidine rings is 1. The molecule has 2 saturated heterocycles. The summed E-state index contributed by atoms with van der Waals surface area (Å²) >= 11 is 0. The summed E-state index contributed by atoms with van der Waals surface area (Å²) in [5, 5.41) is 57.8. The summed E-state index contributed by atoms with van der Waals surface area (Å²) in [6.07, 6.45) is 7.69. The maximum atomic E-state index is 11.5. The molecule has 2 aliphatic carbocycles. The van der Waals surface area contributed by atoms with Gasteiger partial charge in [0, 0.05) is 52.6 Å². The molecule has 4 rings (SSSR count). The van der Waals surface area contributed by atoms with Crippen LogP contribution in [-0.2, 0) is 18.9 Å². The van der Waals surface area contributed by atoms with Crippen molar-refractivity contribution < 1.29 is 55.1 Å². The van der Waals surface area contributed by atoms with Gasteiger partial charge in [-0.1, -0.05) is 0 Å². The second-order valence-corrected chi connectivity index (χ2v) is 15.5.